The first kappa shape index (κ1) is 16.4. The number of carbonyl (C=O) groups excluding carboxylic acids is 1. The Hall–Kier alpha value is -3.49. The molecule has 0 atom stereocenters. The third-order valence-corrected chi connectivity index (χ3v) is 3.55. The molecule has 0 aromatic carbocycles. The molecule has 25 heavy (non-hydrogen) atoms. The number of aromatic nitrogens is 5. The molecule has 3 aromatic heterocycles. The van der Waals surface area contributed by atoms with Gasteiger partial charge in [-0.3, -0.25) is 14.6 Å². The smallest absolute Gasteiger partial charge is 0.256 e. The van der Waals surface area contributed by atoms with Crippen molar-refractivity contribution in [3.63, 3.8) is 0 Å². The zero-order chi connectivity index (χ0) is 17.8. The highest BCUT2D eigenvalue weighted by atomic mass is 16.5. The van der Waals surface area contributed by atoms with Crippen LogP contribution in [0.3, 0.4) is 0 Å². The molecule has 0 fully saturated rings. The largest absolute Gasteiger partial charge is 0.496 e. The summed E-state index contributed by atoms with van der Waals surface area (Å²) in [6.07, 6.45) is 6.47. The van der Waals surface area contributed by atoms with E-state index in [0.717, 1.165) is 5.69 Å². The van der Waals surface area contributed by atoms with Crippen LogP contribution in [0.15, 0.2) is 47.8 Å². The number of hydrogen-bond acceptors (Lipinski definition) is 6. The van der Waals surface area contributed by atoms with E-state index in [1.807, 2.05) is 0 Å². The highest BCUT2D eigenvalue weighted by molar-refractivity contribution is 5.96. The lowest BCUT2D eigenvalue weighted by Crippen LogP contribution is -2.26. The van der Waals surface area contributed by atoms with Crippen LogP contribution in [0.4, 0.5) is 0 Å². The van der Waals surface area contributed by atoms with E-state index < -0.39 is 0 Å². The van der Waals surface area contributed by atoms with Crippen molar-refractivity contribution in [3.05, 3.63) is 64.6 Å². The molecule has 3 aromatic rings. The van der Waals surface area contributed by atoms with Crippen LogP contribution < -0.4 is 15.6 Å². The fourth-order valence-corrected chi connectivity index (χ4v) is 2.22. The number of ether oxygens (including phenoxy) is 1. The lowest BCUT2D eigenvalue weighted by Gasteiger charge is -2.09. The molecule has 0 spiro atoms. The summed E-state index contributed by atoms with van der Waals surface area (Å²) in [5, 5.41) is 10.8. The topological polar surface area (TPSA) is 104 Å². The molecule has 0 radical (unpaired) electrons. The van der Waals surface area contributed by atoms with Crippen LogP contribution in [-0.4, -0.2) is 37.6 Å². The molecular formula is C16H16N6O3. The number of nitrogens with zero attached hydrogens (tertiary/aromatic N) is 5. The van der Waals surface area contributed by atoms with Crippen molar-refractivity contribution in [2.45, 2.75) is 6.54 Å². The Morgan fingerprint density at radius 2 is 2.04 bits per heavy atom. The average Bonchev–Trinajstić information content (AvgIpc) is 3.11. The van der Waals surface area contributed by atoms with Crippen molar-refractivity contribution in [2.75, 3.05) is 7.11 Å². The Labute approximate surface area is 142 Å². The molecule has 9 nitrogen and oxygen atoms in total. The average molecular weight is 340 g/mol. The minimum absolute atomic E-state index is 0.190. The summed E-state index contributed by atoms with van der Waals surface area (Å²) in [5.41, 5.74) is 1.42. The van der Waals surface area contributed by atoms with Crippen LogP contribution in [0, 0.1) is 0 Å². The van der Waals surface area contributed by atoms with Crippen LogP contribution >= 0.6 is 0 Å². The van der Waals surface area contributed by atoms with Crippen LogP contribution in [0.2, 0.25) is 0 Å². The Morgan fingerprint density at radius 3 is 2.76 bits per heavy atom. The first-order chi connectivity index (χ1) is 12.1. The first-order valence-corrected chi connectivity index (χ1v) is 7.43. The van der Waals surface area contributed by atoms with Gasteiger partial charge in [-0.2, -0.15) is 0 Å². The predicted molar refractivity (Wildman–Crippen MR) is 88.6 cm³/mol. The highest BCUT2D eigenvalue weighted by Crippen LogP contribution is 2.14. The molecule has 0 saturated heterocycles. The molecular weight excluding hydrogens is 324 g/mol. The molecule has 0 aliphatic rings. The Balaban J connectivity index is 1.72. The molecule has 1 amide bonds. The predicted octanol–water partition coefficient (Wildman–Crippen LogP) is 0.300. The van der Waals surface area contributed by atoms with Crippen molar-refractivity contribution < 1.29 is 9.53 Å². The second kappa shape index (κ2) is 6.95. The molecule has 0 saturated carbocycles. The Kier molecular flexibility index (Phi) is 4.55. The number of methoxy groups -OCH3 is 1. The van der Waals surface area contributed by atoms with Gasteiger partial charge in [0.25, 0.3) is 11.5 Å². The summed E-state index contributed by atoms with van der Waals surface area (Å²) in [4.78, 5) is 27.9. The van der Waals surface area contributed by atoms with Crippen molar-refractivity contribution >= 4 is 5.91 Å². The SMILES string of the molecule is COc1cc(=O)n(C)cc1C(=O)NCc1cn(-c2ccncc2)nn1. The molecule has 128 valence electrons. The van der Waals surface area contributed by atoms with Gasteiger partial charge in [0.2, 0.25) is 0 Å². The maximum atomic E-state index is 12.4. The standard InChI is InChI=1S/C16H16N6O3/c1-21-10-13(14(25-2)7-15(21)23)16(24)18-8-11-9-22(20-19-11)12-3-5-17-6-4-12/h3-7,9-10H,8H2,1-2H3,(H,18,24). The number of pyridine rings is 2. The van der Waals surface area contributed by atoms with E-state index in [4.69, 9.17) is 4.74 Å². The number of hydrogen-bond donors (Lipinski definition) is 1. The van der Waals surface area contributed by atoms with Gasteiger partial charge in [-0.05, 0) is 12.1 Å². The fraction of sp³-hybridized carbons (Fsp3) is 0.188. The summed E-state index contributed by atoms with van der Waals surface area (Å²) >= 11 is 0. The van der Waals surface area contributed by atoms with E-state index in [2.05, 4.69) is 20.6 Å². The van der Waals surface area contributed by atoms with E-state index in [1.54, 1.807) is 42.5 Å². The van der Waals surface area contributed by atoms with Crippen molar-refractivity contribution in [1.29, 1.82) is 0 Å². The Morgan fingerprint density at radius 1 is 1.28 bits per heavy atom. The third-order valence-electron chi connectivity index (χ3n) is 3.55. The van der Waals surface area contributed by atoms with Crippen molar-refractivity contribution in [1.82, 2.24) is 29.9 Å². The second-order valence-electron chi connectivity index (χ2n) is 5.25. The number of aryl methyl sites for hydroxylation is 1. The number of rotatable bonds is 5. The van der Waals surface area contributed by atoms with Gasteiger partial charge in [-0.1, -0.05) is 5.21 Å². The molecule has 0 bridgehead atoms. The molecule has 3 heterocycles. The van der Waals surface area contributed by atoms with Crippen LogP contribution in [-0.2, 0) is 13.6 Å². The normalized spacial score (nSPS) is 10.5. The van der Waals surface area contributed by atoms with Gasteiger partial charge >= 0.3 is 0 Å². The zero-order valence-electron chi connectivity index (χ0n) is 13.7. The van der Waals surface area contributed by atoms with Crippen molar-refractivity contribution in [2.24, 2.45) is 7.05 Å². The zero-order valence-corrected chi connectivity index (χ0v) is 13.7. The molecule has 0 aliphatic heterocycles. The minimum Gasteiger partial charge on any atom is -0.496 e. The van der Waals surface area contributed by atoms with E-state index in [9.17, 15) is 9.59 Å². The van der Waals surface area contributed by atoms with Crippen LogP contribution in [0.1, 0.15) is 16.1 Å². The summed E-state index contributed by atoms with van der Waals surface area (Å²) in [7, 11) is 2.98. The maximum absolute atomic E-state index is 12.4. The van der Waals surface area contributed by atoms with Gasteiger partial charge < -0.3 is 14.6 Å². The van der Waals surface area contributed by atoms with Crippen LogP contribution in [0.5, 0.6) is 5.75 Å². The minimum atomic E-state index is -0.370. The van der Waals surface area contributed by atoms with Gasteiger partial charge in [0.15, 0.2) is 0 Å². The number of amides is 1. The number of nitrogens with one attached hydrogen (secondary N) is 1. The van der Waals surface area contributed by atoms with E-state index in [-0.39, 0.29) is 29.3 Å². The molecule has 3 rings (SSSR count). The quantitative estimate of drug-likeness (QED) is 0.716. The van der Waals surface area contributed by atoms with Crippen LogP contribution in [0.25, 0.3) is 5.69 Å². The fourth-order valence-electron chi connectivity index (χ4n) is 2.22. The molecule has 0 unspecified atom stereocenters. The van der Waals surface area contributed by atoms with E-state index >= 15 is 0 Å². The van der Waals surface area contributed by atoms with Gasteiger partial charge in [0.05, 0.1) is 31.1 Å². The van der Waals surface area contributed by atoms with Gasteiger partial charge in [0, 0.05) is 31.7 Å². The highest BCUT2D eigenvalue weighted by Gasteiger charge is 2.14. The first-order valence-electron chi connectivity index (χ1n) is 7.43. The lowest BCUT2D eigenvalue weighted by atomic mass is 10.2. The van der Waals surface area contributed by atoms with Gasteiger partial charge in [-0.25, -0.2) is 4.68 Å². The van der Waals surface area contributed by atoms with E-state index in [1.165, 1.54) is 23.9 Å². The third kappa shape index (κ3) is 3.55. The molecule has 0 aliphatic carbocycles. The molecule has 1 N–H and O–H groups in total. The second-order valence-corrected chi connectivity index (χ2v) is 5.25. The van der Waals surface area contributed by atoms with Crippen molar-refractivity contribution in [3.8, 4) is 11.4 Å². The summed E-state index contributed by atoms with van der Waals surface area (Å²) in [5.74, 6) is -0.146. The summed E-state index contributed by atoms with van der Waals surface area (Å²) in [6, 6.07) is 4.87. The maximum Gasteiger partial charge on any atom is 0.256 e. The summed E-state index contributed by atoms with van der Waals surface area (Å²) < 4.78 is 8.01. The monoisotopic (exact) mass is 340 g/mol. The van der Waals surface area contributed by atoms with Gasteiger partial charge in [-0.15, -0.1) is 5.10 Å². The lowest BCUT2D eigenvalue weighted by molar-refractivity contribution is 0.0946. The molecule has 9 heteroatoms. The number of carbonyl (C=O) groups is 1. The Bertz CT molecular complexity index is 948. The van der Waals surface area contributed by atoms with Gasteiger partial charge in [0.1, 0.15) is 11.4 Å². The summed E-state index contributed by atoms with van der Waals surface area (Å²) in [6.45, 7) is 0.190. The van der Waals surface area contributed by atoms with E-state index in [0.29, 0.717) is 5.69 Å².